The summed E-state index contributed by atoms with van der Waals surface area (Å²) in [5.74, 6) is -1.25. The van der Waals surface area contributed by atoms with Crippen molar-refractivity contribution in [3.63, 3.8) is 0 Å². The summed E-state index contributed by atoms with van der Waals surface area (Å²) in [4.78, 5) is 24.3. The number of benzene rings is 1. The molecular weight excluding hydrogens is 266 g/mol. The minimum Gasteiger partial charge on any atom is -0.326 e. The number of hydrazone groups is 1. The van der Waals surface area contributed by atoms with Crippen molar-refractivity contribution in [2.24, 2.45) is 10.8 Å². The van der Waals surface area contributed by atoms with Gasteiger partial charge in [0.2, 0.25) is 0 Å². The van der Waals surface area contributed by atoms with Gasteiger partial charge in [0, 0.05) is 18.3 Å². The van der Waals surface area contributed by atoms with Gasteiger partial charge in [-0.15, -0.1) is 0 Å². The molecule has 3 N–H and O–H groups in total. The van der Waals surface area contributed by atoms with Gasteiger partial charge >= 0.3 is 5.91 Å². The van der Waals surface area contributed by atoms with Crippen LogP contribution in [0.25, 0.3) is 0 Å². The number of ketones is 1. The highest BCUT2D eigenvalue weighted by Crippen LogP contribution is 2.20. The van der Waals surface area contributed by atoms with E-state index in [-0.39, 0.29) is 0 Å². The molecular formula is C16H23N3O2. The summed E-state index contributed by atoms with van der Waals surface area (Å²) in [7, 11) is 0. The third kappa shape index (κ3) is 4.23. The minimum absolute atomic E-state index is 0.418. The Balaban J connectivity index is 3.18. The molecule has 0 aliphatic rings. The molecule has 0 radical (unpaired) electrons. The molecule has 0 saturated carbocycles. The molecule has 0 aliphatic heterocycles. The van der Waals surface area contributed by atoms with Crippen LogP contribution < -0.4 is 11.2 Å². The van der Waals surface area contributed by atoms with Crippen LogP contribution in [0.4, 0.5) is 0 Å². The maximum absolute atomic E-state index is 12.4. The quantitative estimate of drug-likeness (QED) is 0.348. The standard InChI is InChI=1S/C16H23N3O2/c1-4-7-18-19-16(21)15(20)14-12(5-2)8-11(10-17)9-13(14)6-3/h7-9H,4-6,10,17H2,1-3H3,(H,19,21). The maximum atomic E-state index is 12.4. The van der Waals surface area contributed by atoms with Crippen molar-refractivity contribution in [1.29, 1.82) is 0 Å². The third-order valence-electron chi connectivity index (χ3n) is 3.23. The molecule has 0 saturated heterocycles. The smallest absolute Gasteiger partial charge is 0.312 e. The van der Waals surface area contributed by atoms with Crippen LogP contribution in [-0.2, 0) is 24.2 Å². The molecule has 0 aromatic heterocycles. The number of aryl methyl sites for hydroxylation is 2. The van der Waals surface area contributed by atoms with Crippen molar-refractivity contribution < 1.29 is 9.59 Å². The van der Waals surface area contributed by atoms with Gasteiger partial charge in [0.05, 0.1) is 0 Å². The molecule has 1 amide bonds. The first-order valence-corrected chi connectivity index (χ1v) is 7.29. The fourth-order valence-electron chi connectivity index (χ4n) is 2.17. The number of nitrogens with zero attached hydrogens (tertiary/aromatic N) is 1. The van der Waals surface area contributed by atoms with Gasteiger partial charge < -0.3 is 5.73 Å². The molecule has 5 nitrogen and oxygen atoms in total. The summed E-state index contributed by atoms with van der Waals surface area (Å²) >= 11 is 0. The first kappa shape index (κ1) is 17.0. The lowest BCUT2D eigenvalue weighted by Gasteiger charge is -2.13. The lowest BCUT2D eigenvalue weighted by atomic mass is 9.91. The molecule has 1 rings (SSSR count). The number of rotatable bonds is 7. The van der Waals surface area contributed by atoms with Gasteiger partial charge in [-0.1, -0.05) is 32.9 Å². The Morgan fingerprint density at radius 2 is 1.76 bits per heavy atom. The highest BCUT2D eigenvalue weighted by atomic mass is 16.2. The molecule has 21 heavy (non-hydrogen) atoms. The SMILES string of the molecule is CCC=NNC(=O)C(=O)c1c(CC)cc(CN)cc1CC. The van der Waals surface area contributed by atoms with Crippen LogP contribution in [0, 0.1) is 0 Å². The van der Waals surface area contributed by atoms with E-state index < -0.39 is 11.7 Å². The van der Waals surface area contributed by atoms with E-state index in [2.05, 4.69) is 10.5 Å². The van der Waals surface area contributed by atoms with E-state index in [0.717, 1.165) is 16.7 Å². The van der Waals surface area contributed by atoms with Crippen LogP contribution in [-0.4, -0.2) is 17.9 Å². The van der Waals surface area contributed by atoms with Crippen LogP contribution in [0.1, 0.15) is 54.2 Å². The van der Waals surface area contributed by atoms with Gasteiger partial charge in [-0.2, -0.15) is 5.10 Å². The van der Waals surface area contributed by atoms with Crippen molar-refractivity contribution in [3.8, 4) is 0 Å². The second-order valence-electron chi connectivity index (χ2n) is 4.69. The number of carbonyl (C=O) groups excluding carboxylic acids is 2. The van der Waals surface area contributed by atoms with Gasteiger partial charge in [0.25, 0.3) is 5.78 Å². The van der Waals surface area contributed by atoms with Crippen molar-refractivity contribution in [1.82, 2.24) is 5.43 Å². The van der Waals surface area contributed by atoms with E-state index in [4.69, 9.17) is 5.73 Å². The number of nitrogens with one attached hydrogen (secondary N) is 1. The van der Waals surface area contributed by atoms with E-state index in [9.17, 15) is 9.59 Å². The number of amides is 1. The Morgan fingerprint density at radius 3 is 2.19 bits per heavy atom. The minimum atomic E-state index is -0.704. The summed E-state index contributed by atoms with van der Waals surface area (Å²) in [6.07, 6.45) is 3.59. The van der Waals surface area contributed by atoms with Gasteiger partial charge in [-0.05, 0) is 36.0 Å². The highest BCUT2D eigenvalue weighted by molar-refractivity contribution is 6.43. The lowest BCUT2D eigenvalue weighted by Crippen LogP contribution is -2.29. The van der Waals surface area contributed by atoms with Gasteiger partial charge in [0.15, 0.2) is 0 Å². The van der Waals surface area contributed by atoms with Crippen LogP contribution in [0.5, 0.6) is 0 Å². The Bertz CT molecular complexity index is 525. The summed E-state index contributed by atoms with van der Waals surface area (Å²) < 4.78 is 0. The summed E-state index contributed by atoms with van der Waals surface area (Å²) in [5, 5.41) is 3.72. The second-order valence-corrected chi connectivity index (χ2v) is 4.69. The van der Waals surface area contributed by atoms with E-state index in [1.54, 1.807) is 6.21 Å². The van der Waals surface area contributed by atoms with Crippen LogP contribution >= 0.6 is 0 Å². The van der Waals surface area contributed by atoms with E-state index in [0.29, 0.717) is 31.4 Å². The third-order valence-corrected chi connectivity index (χ3v) is 3.23. The normalized spacial score (nSPS) is 10.9. The highest BCUT2D eigenvalue weighted by Gasteiger charge is 2.22. The maximum Gasteiger partial charge on any atom is 0.312 e. The molecule has 0 bridgehead atoms. The Morgan fingerprint density at radius 1 is 1.19 bits per heavy atom. The van der Waals surface area contributed by atoms with Crippen LogP contribution in [0.15, 0.2) is 17.2 Å². The average Bonchev–Trinajstić information content (AvgIpc) is 2.52. The molecule has 114 valence electrons. The Hall–Kier alpha value is -2.01. The zero-order chi connectivity index (χ0) is 15.8. The number of nitrogens with two attached hydrogens (primary N) is 1. The Labute approximate surface area is 125 Å². The summed E-state index contributed by atoms with van der Waals surface area (Å²) in [6, 6.07) is 3.80. The Kier molecular flexibility index (Phi) is 6.75. The largest absolute Gasteiger partial charge is 0.326 e. The number of hydrogen-bond donors (Lipinski definition) is 2. The van der Waals surface area contributed by atoms with E-state index >= 15 is 0 Å². The van der Waals surface area contributed by atoms with E-state index in [1.165, 1.54) is 0 Å². The fraction of sp³-hybridized carbons (Fsp3) is 0.438. The number of hydrogen-bond acceptors (Lipinski definition) is 4. The van der Waals surface area contributed by atoms with Crippen molar-refractivity contribution in [2.75, 3.05) is 0 Å². The average molecular weight is 289 g/mol. The molecule has 5 heteroatoms. The molecule has 0 unspecified atom stereocenters. The first-order valence-electron chi connectivity index (χ1n) is 7.29. The van der Waals surface area contributed by atoms with Gasteiger partial charge in [-0.25, -0.2) is 5.43 Å². The summed E-state index contributed by atoms with van der Waals surface area (Å²) in [5.41, 5.74) is 11.1. The number of carbonyl (C=O) groups is 2. The van der Waals surface area contributed by atoms with Crippen molar-refractivity contribution in [2.45, 2.75) is 46.6 Å². The molecule has 0 fully saturated rings. The fourth-order valence-corrected chi connectivity index (χ4v) is 2.17. The zero-order valence-corrected chi connectivity index (χ0v) is 12.9. The van der Waals surface area contributed by atoms with Gasteiger partial charge in [0.1, 0.15) is 0 Å². The predicted molar refractivity (Wildman–Crippen MR) is 84.3 cm³/mol. The predicted octanol–water partition coefficient (Wildman–Crippen LogP) is 1.96. The molecule has 0 aliphatic carbocycles. The zero-order valence-electron chi connectivity index (χ0n) is 12.9. The number of Topliss-reactive ketones (excluding diaryl/α,β-unsaturated/α-hetero) is 1. The molecule has 1 aromatic rings. The first-order chi connectivity index (χ1) is 10.1. The monoisotopic (exact) mass is 289 g/mol. The molecule has 0 spiro atoms. The van der Waals surface area contributed by atoms with Gasteiger partial charge in [-0.3, -0.25) is 9.59 Å². The summed E-state index contributed by atoms with van der Waals surface area (Å²) in [6.45, 7) is 6.23. The molecule has 0 atom stereocenters. The molecule has 1 aromatic carbocycles. The topological polar surface area (TPSA) is 84.5 Å². The van der Waals surface area contributed by atoms with Crippen LogP contribution in [0.2, 0.25) is 0 Å². The second kappa shape index (κ2) is 8.32. The van der Waals surface area contributed by atoms with Crippen LogP contribution in [0.3, 0.4) is 0 Å². The van der Waals surface area contributed by atoms with E-state index in [1.807, 2.05) is 32.9 Å². The van der Waals surface area contributed by atoms with Crippen molar-refractivity contribution in [3.05, 3.63) is 34.4 Å². The van der Waals surface area contributed by atoms with Crippen molar-refractivity contribution >= 4 is 17.9 Å². The lowest BCUT2D eigenvalue weighted by molar-refractivity contribution is -0.117. The molecule has 0 heterocycles.